The van der Waals surface area contributed by atoms with E-state index in [-0.39, 0.29) is 4.91 Å². The van der Waals surface area contributed by atoms with Gasteiger partial charge in [0.15, 0.2) is 0 Å². The first-order chi connectivity index (χ1) is 8.79. The molecule has 1 saturated heterocycles. The number of benzene rings is 1. The van der Waals surface area contributed by atoms with E-state index in [1.165, 1.54) is 0 Å². The second-order valence-corrected chi connectivity index (χ2v) is 4.57. The van der Waals surface area contributed by atoms with Gasteiger partial charge in [-0.15, -0.1) is 0 Å². The number of hydrogen-bond donors (Lipinski definition) is 1. The van der Waals surface area contributed by atoms with Gasteiger partial charge in [-0.3, -0.25) is 14.9 Å². The average Bonchev–Trinajstić information content (AvgIpc) is 2.59. The van der Waals surface area contributed by atoms with Gasteiger partial charge in [0.1, 0.15) is 5.82 Å². The number of alkyl halides is 3. The number of rotatable bonds is 1. The molecule has 1 N–H and O–H groups in total. The van der Waals surface area contributed by atoms with E-state index in [9.17, 15) is 27.2 Å². The Morgan fingerprint density at radius 1 is 1.21 bits per heavy atom. The molecule has 2 rings (SSSR count). The maximum Gasteiger partial charge on any atom is 0.417 e. The highest BCUT2D eigenvalue weighted by atomic mass is 32.2. The fourth-order valence-electron chi connectivity index (χ4n) is 1.48. The summed E-state index contributed by atoms with van der Waals surface area (Å²) in [5.74, 6) is -1.96. The van der Waals surface area contributed by atoms with Crippen molar-refractivity contribution in [3.05, 3.63) is 40.0 Å². The van der Waals surface area contributed by atoms with Crippen LogP contribution in [0.15, 0.2) is 23.1 Å². The van der Waals surface area contributed by atoms with Crippen molar-refractivity contribution >= 4 is 29.0 Å². The quantitative estimate of drug-likeness (QED) is 0.638. The molecule has 0 bridgehead atoms. The highest BCUT2D eigenvalue weighted by Crippen LogP contribution is 2.35. The van der Waals surface area contributed by atoms with Gasteiger partial charge in [0.25, 0.3) is 11.1 Å². The van der Waals surface area contributed by atoms with Crippen molar-refractivity contribution < 1.29 is 27.2 Å². The van der Waals surface area contributed by atoms with Crippen LogP contribution in [-0.4, -0.2) is 11.1 Å². The third kappa shape index (κ3) is 2.78. The van der Waals surface area contributed by atoms with Crippen LogP contribution in [0.5, 0.6) is 0 Å². The molecule has 0 atom stereocenters. The van der Waals surface area contributed by atoms with Crippen LogP contribution in [0.4, 0.5) is 22.4 Å². The van der Waals surface area contributed by atoms with E-state index in [1.807, 2.05) is 5.32 Å². The summed E-state index contributed by atoms with van der Waals surface area (Å²) in [6.45, 7) is 0. The zero-order valence-electron chi connectivity index (χ0n) is 9.05. The zero-order chi connectivity index (χ0) is 14.2. The number of halogens is 4. The lowest BCUT2D eigenvalue weighted by Crippen LogP contribution is -2.18. The van der Waals surface area contributed by atoms with Crippen LogP contribution < -0.4 is 5.32 Å². The molecule has 0 aromatic heterocycles. The van der Waals surface area contributed by atoms with Gasteiger partial charge in [0.2, 0.25) is 0 Å². The van der Waals surface area contributed by atoms with Crippen LogP contribution in [0.3, 0.4) is 0 Å². The number of imide groups is 1. The summed E-state index contributed by atoms with van der Waals surface area (Å²) in [5, 5.41) is 1.17. The Labute approximate surface area is 108 Å². The lowest BCUT2D eigenvalue weighted by Gasteiger charge is -2.10. The first-order valence-corrected chi connectivity index (χ1v) is 5.71. The third-order valence-corrected chi connectivity index (χ3v) is 3.09. The summed E-state index contributed by atoms with van der Waals surface area (Å²) in [4.78, 5) is 21.9. The standard InChI is InChI=1S/C11H5F4NO2S/c12-7-3-1-2-6(11(13,14)15)5(7)4-8-9(17)16-10(18)19-8/h1-4H,(H,16,17,18)/b8-4+. The fourth-order valence-corrected chi connectivity index (χ4v) is 2.15. The van der Waals surface area contributed by atoms with Crippen LogP contribution in [0.25, 0.3) is 6.08 Å². The van der Waals surface area contributed by atoms with E-state index in [4.69, 9.17) is 0 Å². The van der Waals surface area contributed by atoms with Crippen molar-refractivity contribution in [2.24, 2.45) is 0 Å². The van der Waals surface area contributed by atoms with Crippen molar-refractivity contribution in [1.82, 2.24) is 5.32 Å². The van der Waals surface area contributed by atoms with Crippen molar-refractivity contribution in [3.63, 3.8) is 0 Å². The molecule has 1 aromatic rings. The molecule has 1 aliphatic heterocycles. The summed E-state index contributed by atoms with van der Waals surface area (Å²) in [6, 6.07) is 2.48. The molecule has 1 aromatic carbocycles. The molecule has 8 heteroatoms. The lowest BCUT2D eigenvalue weighted by molar-refractivity contribution is -0.138. The van der Waals surface area contributed by atoms with Crippen molar-refractivity contribution in [2.75, 3.05) is 0 Å². The first kappa shape index (κ1) is 13.6. The Morgan fingerprint density at radius 2 is 1.89 bits per heavy atom. The van der Waals surface area contributed by atoms with Crippen molar-refractivity contribution in [1.29, 1.82) is 0 Å². The normalized spacial score (nSPS) is 18.0. The van der Waals surface area contributed by atoms with Gasteiger partial charge in [-0.05, 0) is 30.0 Å². The topological polar surface area (TPSA) is 46.2 Å². The predicted octanol–water partition coefficient (Wildman–Crippen LogP) is 3.17. The summed E-state index contributed by atoms with van der Waals surface area (Å²) >= 11 is 0.424. The van der Waals surface area contributed by atoms with Gasteiger partial charge in [-0.25, -0.2) is 4.39 Å². The van der Waals surface area contributed by atoms with E-state index in [0.29, 0.717) is 17.8 Å². The van der Waals surface area contributed by atoms with Crippen molar-refractivity contribution in [2.45, 2.75) is 6.18 Å². The highest BCUT2D eigenvalue weighted by Gasteiger charge is 2.35. The maximum absolute atomic E-state index is 13.5. The summed E-state index contributed by atoms with van der Waals surface area (Å²) in [6.07, 6.45) is -4.03. The molecular weight excluding hydrogens is 286 g/mol. The van der Waals surface area contributed by atoms with Crippen LogP contribution in [0.2, 0.25) is 0 Å². The number of carbonyl (C=O) groups excluding carboxylic acids is 2. The Balaban J connectivity index is 2.54. The fraction of sp³-hybridized carbons (Fsp3) is 0.0909. The molecule has 0 radical (unpaired) electrons. The Hall–Kier alpha value is -1.83. The van der Waals surface area contributed by atoms with Crippen LogP contribution in [-0.2, 0) is 11.0 Å². The van der Waals surface area contributed by atoms with E-state index < -0.39 is 34.3 Å². The molecule has 0 saturated carbocycles. The zero-order valence-corrected chi connectivity index (χ0v) is 9.86. The molecule has 0 unspecified atom stereocenters. The highest BCUT2D eigenvalue weighted by molar-refractivity contribution is 8.18. The number of amides is 2. The number of hydrogen-bond acceptors (Lipinski definition) is 3. The average molecular weight is 291 g/mol. The predicted molar refractivity (Wildman–Crippen MR) is 60.5 cm³/mol. The van der Waals surface area contributed by atoms with E-state index >= 15 is 0 Å². The molecular formula is C11H5F4NO2S. The minimum atomic E-state index is -4.75. The van der Waals surface area contributed by atoms with Gasteiger partial charge in [0.05, 0.1) is 10.5 Å². The molecule has 0 aliphatic carbocycles. The molecule has 1 aliphatic rings. The molecule has 0 spiro atoms. The maximum atomic E-state index is 13.5. The van der Waals surface area contributed by atoms with Gasteiger partial charge < -0.3 is 0 Å². The molecule has 3 nitrogen and oxygen atoms in total. The van der Waals surface area contributed by atoms with Crippen LogP contribution in [0.1, 0.15) is 11.1 Å². The Kier molecular flexibility index (Phi) is 3.36. The molecule has 2 amide bonds. The minimum Gasteiger partial charge on any atom is -0.282 e. The van der Waals surface area contributed by atoms with Crippen molar-refractivity contribution in [3.8, 4) is 0 Å². The molecule has 1 fully saturated rings. The minimum absolute atomic E-state index is 0.277. The molecule has 19 heavy (non-hydrogen) atoms. The number of nitrogens with one attached hydrogen (secondary N) is 1. The lowest BCUT2D eigenvalue weighted by atomic mass is 10.1. The largest absolute Gasteiger partial charge is 0.417 e. The molecule has 100 valence electrons. The van der Waals surface area contributed by atoms with E-state index in [2.05, 4.69) is 0 Å². The van der Waals surface area contributed by atoms with Gasteiger partial charge in [0, 0.05) is 5.56 Å². The van der Waals surface area contributed by atoms with Crippen LogP contribution >= 0.6 is 11.8 Å². The summed E-state index contributed by atoms with van der Waals surface area (Å²) < 4.78 is 51.6. The first-order valence-electron chi connectivity index (χ1n) is 4.89. The van der Waals surface area contributed by atoms with E-state index in [1.54, 1.807) is 0 Å². The second-order valence-electron chi connectivity index (χ2n) is 3.55. The number of thioether (sulfide) groups is 1. The summed E-state index contributed by atoms with van der Waals surface area (Å²) in [7, 11) is 0. The monoisotopic (exact) mass is 291 g/mol. The Morgan fingerprint density at radius 3 is 2.42 bits per heavy atom. The second kappa shape index (κ2) is 4.69. The third-order valence-electron chi connectivity index (χ3n) is 2.28. The van der Waals surface area contributed by atoms with E-state index in [0.717, 1.165) is 18.2 Å². The van der Waals surface area contributed by atoms with Gasteiger partial charge >= 0.3 is 6.18 Å². The number of carbonyl (C=O) groups is 2. The smallest absolute Gasteiger partial charge is 0.282 e. The van der Waals surface area contributed by atoms with Gasteiger partial charge in [-0.1, -0.05) is 6.07 Å². The molecule has 1 heterocycles. The SMILES string of the molecule is O=C1NC(=O)/C(=C\c2c(F)cccc2C(F)(F)F)S1. The summed E-state index contributed by atoms with van der Waals surface area (Å²) in [5.41, 5.74) is -1.96. The van der Waals surface area contributed by atoms with Gasteiger partial charge in [-0.2, -0.15) is 13.2 Å². The van der Waals surface area contributed by atoms with Crippen LogP contribution in [0, 0.1) is 5.82 Å². The Bertz CT molecular complexity index is 595.